The maximum Gasteiger partial charge on any atom is 0.335 e. The van der Waals surface area contributed by atoms with Crippen molar-refractivity contribution >= 4 is 17.3 Å². The van der Waals surface area contributed by atoms with Crippen molar-refractivity contribution < 1.29 is 9.90 Å². The van der Waals surface area contributed by atoms with E-state index in [9.17, 15) is 4.79 Å². The zero-order valence-electron chi connectivity index (χ0n) is 10.8. The summed E-state index contributed by atoms with van der Waals surface area (Å²) in [5.41, 5.74) is 5.01. The molecule has 19 heavy (non-hydrogen) atoms. The Balaban J connectivity index is 2.03. The summed E-state index contributed by atoms with van der Waals surface area (Å²) < 4.78 is 0. The monoisotopic (exact) mass is 253 g/mol. The van der Waals surface area contributed by atoms with Crippen molar-refractivity contribution in [2.45, 2.75) is 13.3 Å². The maximum absolute atomic E-state index is 11.0. The lowest BCUT2D eigenvalue weighted by molar-refractivity contribution is 0.0697. The number of aryl methyl sites for hydroxylation is 1. The number of carboxylic acids is 1. The minimum absolute atomic E-state index is 0.341. The number of rotatable bonds is 2. The Hall–Kier alpha value is -2.29. The summed E-state index contributed by atoms with van der Waals surface area (Å²) in [4.78, 5) is 13.2. The van der Waals surface area contributed by atoms with Crippen LogP contribution < -0.4 is 4.90 Å². The normalized spacial score (nSPS) is 13.4. The third-order valence-electron chi connectivity index (χ3n) is 3.62. The Morgan fingerprint density at radius 3 is 2.68 bits per heavy atom. The number of para-hydroxylation sites is 1. The van der Waals surface area contributed by atoms with Crippen LogP contribution >= 0.6 is 0 Å². The summed E-state index contributed by atoms with van der Waals surface area (Å²) in [6.45, 7) is 2.91. The predicted octanol–water partition coefficient (Wildman–Crippen LogP) is 3.39. The fourth-order valence-corrected chi connectivity index (χ4v) is 2.68. The number of hydrogen-bond acceptors (Lipinski definition) is 2. The van der Waals surface area contributed by atoms with E-state index in [4.69, 9.17) is 5.11 Å². The van der Waals surface area contributed by atoms with Crippen LogP contribution in [0.15, 0.2) is 42.5 Å². The lowest BCUT2D eigenvalue weighted by Gasteiger charge is -2.22. The van der Waals surface area contributed by atoms with Crippen molar-refractivity contribution in [1.29, 1.82) is 0 Å². The Bertz CT molecular complexity index is 649. The first kappa shape index (κ1) is 11.8. The van der Waals surface area contributed by atoms with E-state index in [2.05, 4.69) is 23.1 Å². The number of fused-ring (bicyclic) bond motifs is 1. The summed E-state index contributed by atoms with van der Waals surface area (Å²) in [6, 6.07) is 13.7. The molecule has 0 spiro atoms. The fourth-order valence-electron chi connectivity index (χ4n) is 2.68. The Kier molecular flexibility index (Phi) is 2.75. The second-order valence-corrected chi connectivity index (χ2v) is 4.84. The van der Waals surface area contributed by atoms with Gasteiger partial charge < -0.3 is 10.0 Å². The third kappa shape index (κ3) is 1.97. The molecule has 0 amide bonds. The molecule has 3 heteroatoms. The number of carboxylic acid groups (broad SMARTS) is 1. The van der Waals surface area contributed by atoms with Crippen LogP contribution in [0.4, 0.5) is 11.4 Å². The number of hydrogen-bond donors (Lipinski definition) is 1. The molecule has 1 aliphatic rings. The maximum atomic E-state index is 11.0. The van der Waals surface area contributed by atoms with E-state index in [-0.39, 0.29) is 0 Å². The van der Waals surface area contributed by atoms with Crippen molar-refractivity contribution in [1.82, 2.24) is 0 Å². The molecule has 1 aliphatic heterocycles. The molecule has 1 heterocycles. The lowest BCUT2D eigenvalue weighted by Crippen LogP contribution is -2.14. The zero-order chi connectivity index (χ0) is 13.4. The van der Waals surface area contributed by atoms with Crippen molar-refractivity contribution in [3.8, 4) is 0 Å². The van der Waals surface area contributed by atoms with Crippen LogP contribution in [0.25, 0.3) is 0 Å². The Morgan fingerprint density at radius 2 is 1.95 bits per heavy atom. The average Bonchev–Trinajstić information content (AvgIpc) is 2.82. The first-order valence-electron chi connectivity index (χ1n) is 6.36. The van der Waals surface area contributed by atoms with Crippen LogP contribution in [-0.4, -0.2) is 17.6 Å². The van der Waals surface area contributed by atoms with Gasteiger partial charge in [0, 0.05) is 17.9 Å². The van der Waals surface area contributed by atoms with Crippen molar-refractivity contribution in [3.63, 3.8) is 0 Å². The molecule has 1 N–H and O–H groups in total. The number of carbonyl (C=O) groups is 1. The van der Waals surface area contributed by atoms with Crippen LogP contribution in [0.1, 0.15) is 21.5 Å². The number of benzene rings is 2. The SMILES string of the molecule is Cc1cc(C(=O)O)ccc1N1CCc2ccccc21. The standard InChI is InChI=1S/C16H15NO2/c1-11-10-13(16(18)19)6-7-14(11)17-9-8-12-4-2-3-5-15(12)17/h2-7,10H,8-9H2,1H3,(H,18,19). The quantitative estimate of drug-likeness (QED) is 0.891. The average molecular weight is 253 g/mol. The lowest BCUT2D eigenvalue weighted by atomic mass is 10.1. The highest BCUT2D eigenvalue weighted by Crippen LogP contribution is 2.36. The van der Waals surface area contributed by atoms with Crippen molar-refractivity contribution in [2.75, 3.05) is 11.4 Å². The van der Waals surface area contributed by atoms with E-state index in [0.717, 1.165) is 24.2 Å². The third-order valence-corrected chi connectivity index (χ3v) is 3.62. The van der Waals surface area contributed by atoms with Crippen molar-refractivity contribution in [2.24, 2.45) is 0 Å². The van der Waals surface area contributed by atoms with Gasteiger partial charge in [0.05, 0.1) is 5.56 Å². The van der Waals surface area contributed by atoms with E-state index in [1.807, 2.05) is 19.1 Å². The molecule has 0 fully saturated rings. The van der Waals surface area contributed by atoms with Crippen LogP contribution in [-0.2, 0) is 6.42 Å². The van der Waals surface area contributed by atoms with Gasteiger partial charge in [-0.2, -0.15) is 0 Å². The molecule has 2 aromatic rings. The molecule has 0 saturated carbocycles. The molecule has 0 atom stereocenters. The Labute approximate surface area is 112 Å². The van der Waals surface area contributed by atoms with Gasteiger partial charge in [-0.05, 0) is 48.7 Å². The van der Waals surface area contributed by atoms with E-state index in [1.54, 1.807) is 12.1 Å². The van der Waals surface area contributed by atoms with E-state index in [0.29, 0.717) is 5.56 Å². The largest absolute Gasteiger partial charge is 0.478 e. The summed E-state index contributed by atoms with van der Waals surface area (Å²) >= 11 is 0. The highest BCUT2D eigenvalue weighted by Gasteiger charge is 2.21. The molecule has 3 nitrogen and oxygen atoms in total. The summed E-state index contributed by atoms with van der Waals surface area (Å²) in [7, 11) is 0. The summed E-state index contributed by atoms with van der Waals surface area (Å²) in [5.74, 6) is -0.878. The molecule has 0 bridgehead atoms. The number of nitrogens with zero attached hydrogens (tertiary/aromatic N) is 1. The number of aromatic carboxylic acids is 1. The molecule has 3 rings (SSSR count). The Morgan fingerprint density at radius 1 is 1.16 bits per heavy atom. The van der Waals surface area contributed by atoms with Gasteiger partial charge in [-0.25, -0.2) is 4.79 Å². The molecular weight excluding hydrogens is 238 g/mol. The zero-order valence-corrected chi connectivity index (χ0v) is 10.8. The molecule has 0 aliphatic carbocycles. The molecule has 0 saturated heterocycles. The summed E-state index contributed by atoms with van der Waals surface area (Å²) in [6.07, 6.45) is 1.04. The van der Waals surface area contributed by atoms with Gasteiger partial charge in [0.1, 0.15) is 0 Å². The minimum Gasteiger partial charge on any atom is -0.478 e. The van der Waals surface area contributed by atoms with Gasteiger partial charge in [0.25, 0.3) is 0 Å². The smallest absolute Gasteiger partial charge is 0.335 e. The van der Waals surface area contributed by atoms with Crippen LogP contribution in [0, 0.1) is 6.92 Å². The first-order valence-corrected chi connectivity index (χ1v) is 6.36. The molecular formula is C16H15NO2. The van der Waals surface area contributed by atoms with Gasteiger partial charge in [0.2, 0.25) is 0 Å². The van der Waals surface area contributed by atoms with Gasteiger partial charge >= 0.3 is 5.97 Å². The van der Waals surface area contributed by atoms with E-state index >= 15 is 0 Å². The topological polar surface area (TPSA) is 40.5 Å². The van der Waals surface area contributed by atoms with Gasteiger partial charge in [0.15, 0.2) is 0 Å². The molecule has 0 radical (unpaired) electrons. The molecule has 0 aromatic heterocycles. The van der Waals surface area contributed by atoms with E-state index in [1.165, 1.54) is 11.3 Å². The van der Waals surface area contributed by atoms with E-state index < -0.39 is 5.97 Å². The number of anilines is 2. The van der Waals surface area contributed by atoms with Gasteiger partial charge in [-0.15, -0.1) is 0 Å². The predicted molar refractivity (Wildman–Crippen MR) is 75.3 cm³/mol. The molecule has 2 aromatic carbocycles. The molecule has 0 unspecified atom stereocenters. The molecule has 96 valence electrons. The van der Waals surface area contributed by atoms with Gasteiger partial charge in [-0.1, -0.05) is 18.2 Å². The van der Waals surface area contributed by atoms with Crippen LogP contribution in [0.2, 0.25) is 0 Å². The highest BCUT2D eigenvalue weighted by molar-refractivity contribution is 5.89. The van der Waals surface area contributed by atoms with Crippen LogP contribution in [0.3, 0.4) is 0 Å². The highest BCUT2D eigenvalue weighted by atomic mass is 16.4. The summed E-state index contributed by atoms with van der Waals surface area (Å²) in [5, 5.41) is 9.01. The second kappa shape index (κ2) is 4.43. The minimum atomic E-state index is -0.878. The fraction of sp³-hybridized carbons (Fsp3) is 0.188. The first-order chi connectivity index (χ1) is 9.16. The van der Waals surface area contributed by atoms with Crippen molar-refractivity contribution in [3.05, 3.63) is 59.2 Å². The van der Waals surface area contributed by atoms with Gasteiger partial charge in [-0.3, -0.25) is 0 Å². The van der Waals surface area contributed by atoms with Crippen LogP contribution in [0.5, 0.6) is 0 Å². The second-order valence-electron chi connectivity index (χ2n) is 4.84.